The van der Waals surface area contributed by atoms with Crippen molar-refractivity contribution in [1.29, 1.82) is 0 Å². The fourth-order valence-corrected chi connectivity index (χ4v) is 0.946. The second-order valence-corrected chi connectivity index (χ2v) is 2.84. The van der Waals surface area contributed by atoms with Gasteiger partial charge in [-0.3, -0.25) is 4.79 Å². The molecule has 0 saturated heterocycles. The average molecular weight is 188 g/mol. The molecule has 4 heteroatoms. The van der Waals surface area contributed by atoms with Crippen LogP contribution >= 0.6 is 0 Å². The molecule has 0 rings (SSSR count). The van der Waals surface area contributed by atoms with Crippen LogP contribution in [0.4, 0.5) is 0 Å². The third-order valence-electron chi connectivity index (χ3n) is 1.76. The first kappa shape index (κ1) is 12.4. The van der Waals surface area contributed by atoms with Crippen molar-refractivity contribution in [3.63, 3.8) is 0 Å². The van der Waals surface area contributed by atoms with Gasteiger partial charge in [0.05, 0.1) is 6.04 Å². The maximum Gasteiger partial charge on any atom is 0.236 e. The predicted octanol–water partition coefficient (Wildman–Crippen LogP) is 0.137. The molecule has 1 amide bonds. The minimum Gasteiger partial charge on any atom is -0.382 e. The van der Waals surface area contributed by atoms with Gasteiger partial charge in [-0.25, -0.2) is 0 Å². The first-order valence-corrected chi connectivity index (χ1v) is 4.75. The monoisotopic (exact) mass is 188 g/mol. The molecule has 0 aliphatic carbocycles. The average Bonchev–Trinajstić information content (AvgIpc) is 2.16. The SMILES string of the molecule is CCOCCCNC(C)C(=O)NC. The van der Waals surface area contributed by atoms with Gasteiger partial charge < -0.3 is 15.4 Å². The highest BCUT2D eigenvalue weighted by molar-refractivity contribution is 5.80. The predicted molar refractivity (Wildman–Crippen MR) is 52.6 cm³/mol. The van der Waals surface area contributed by atoms with Gasteiger partial charge in [0.2, 0.25) is 5.91 Å². The molecule has 0 fully saturated rings. The van der Waals surface area contributed by atoms with Crippen molar-refractivity contribution >= 4 is 5.91 Å². The highest BCUT2D eigenvalue weighted by Crippen LogP contribution is 1.84. The van der Waals surface area contributed by atoms with E-state index in [9.17, 15) is 4.79 Å². The highest BCUT2D eigenvalue weighted by atomic mass is 16.5. The molecular formula is C9H20N2O2. The molecule has 4 nitrogen and oxygen atoms in total. The van der Waals surface area contributed by atoms with Crippen LogP contribution in [0.15, 0.2) is 0 Å². The Labute approximate surface area is 80.0 Å². The van der Waals surface area contributed by atoms with Crippen LogP contribution in [0.3, 0.4) is 0 Å². The Bertz CT molecular complexity index is 140. The Balaban J connectivity index is 3.26. The molecule has 0 radical (unpaired) electrons. The molecule has 0 bridgehead atoms. The van der Waals surface area contributed by atoms with Gasteiger partial charge >= 0.3 is 0 Å². The summed E-state index contributed by atoms with van der Waals surface area (Å²) in [5.41, 5.74) is 0. The number of rotatable bonds is 7. The molecule has 2 N–H and O–H groups in total. The molecule has 0 aliphatic heterocycles. The van der Waals surface area contributed by atoms with Crippen LogP contribution in [0.25, 0.3) is 0 Å². The molecule has 0 aromatic heterocycles. The van der Waals surface area contributed by atoms with E-state index in [2.05, 4.69) is 10.6 Å². The van der Waals surface area contributed by atoms with E-state index in [0.29, 0.717) is 0 Å². The summed E-state index contributed by atoms with van der Waals surface area (Å²) in [6.45, 7) is 6.14. The number of carbonyl (C=O) groups is 1. The number of hydrogen-bond donors (Lipinski definition) is 2. The van der Waals surface area contributed by atoms with Crippen LogP contribution in [-0.4, -0.2) is 38.8 Å². The van der Waals surface area contributed by atoms with E-state index in [1.165, 1.54) is 0 Å². The van der Waals surface area contributed by atoms with Crippen LogP contribution in [-0.2, 0) is 9.53 Å². The van der Waals surface area contributed by atoms with Crippen molar-refractivity contribution in [3.05, 3.63) is 0 Å². The smallest absolute Gasteiger partial charge is 0.236 e. The zero-order valence-corrected chi connectivity index (χ0v) is 8.72. The van der Waals surface area contributed by atoms with Crippen LogP contribution < -0.4 is 10.6 Å². The quantitative estimate of drug-likeness (QED) is 0.559. The third kappa shape index (κ3) is 6.54. The molecule has 1 unspecified atom stereocenters. The molecule has 13 heavy (non-hydrogen) atoms. The Hall–Kier alpha value is -0.610. The fraction of sp³-hybridized carbons (Fsp3) is 0.889. The fourth-order valence-electron chi connectivity index (χ4n) is 0.946. The van der Waals surface area contributed by atoms with Crippen molar-refractivity contribution in [1.82, 2.24) is 10.6 Å². The number of hydrogen-bond acceptors (Lipinski definition) is 3. The number of ether oxygens (including phenoxy) is 1. The summed E-state index contributed by atoms with van der Waals surface area (Å²) in [7, 11) is 1.64. The van der Waals surface area contributed by atoms with Crippen LogP contribution in [0.2, 0.25) is 0 Å². The number of carbonyl (C=O) groups excluding carboxylic acids is 1. The van der Waals surface area contributed by atoms with Crippen molar-refractivity contribution < 1.29 is 9.53 Å². The molecular weight excluding hydrogens is 168 g/mol. The van der Waals surface area contributed by atoms with E-state index in [-0.39, 0.29) is 11.9 Å². The molecule has 78 valence electrons. The van der Waals surface area contributed by atoms with Crippen molar-refractivity contribution in [3.8, 4) is 0 Å². The molecule has 1 atom stereocenters. The van der Waals surface area contributed by atoms with Gasteiger partial charge in [-0.1, -0.05) is 0 Å². The summed E-state index contributed by atoms with van der Waals surface area (Å²) in [6.07, 6.45) is 0.940. The molecule has 0 heterocycles. The molecule has 0 spiro atoms. The Morgan fingerprint density at radius 3 is 2.77 bits per heavy atom. The number of likely N-dealkylation sites (N-methyl/N-ethyl adjacent to an activating group) is 1. The van der Waals surface area contributed by atoms with Gasteiger partial charge in [-0.15, -0.1) is 0 Å². The molecule has 0 aliphatic rings. The topological polar surface area (TPSA) is 50.4 Å². The minimum absolute atomic E-state index is 0.0245. The summed E-state index contributed by atoms with van der Waals surface area (Å²) in [6, 6.07) is -0.119. The van der Waals surface area contributed by atoms with Gasteiger partial charge in [0.25, 0.3) is 0 Å². The zero-order valence-electron chi connectivity index (χ0n) is 8.72. The molecule has 0 aromatic carbocycles. The lowest BCUT2D eigenvalue weighted by Gasteiger charge is -2.11. The normalized spacial score (nSPS) is 12.5. The van der Waals surface area contributed by atoms with Gasteiger partial charge in [-0.05, 0) is 26.8 Å². The second kappa shape index (κ2) is 8.01. The van der Waals surface area contributed by atoms with Crippen molar-refractivity contribution in [2.45, 2.75) is 26.3 Å². The Morgan fingerprint density at radius 2 is 2.23 bits per heavy atom. The van der Waals surface area contributed by atoms with E-state index in [4.69, 9.17) is 4.74 Å². The summed E-state index contributed by atoms with van der Waals surface area (Å²) >= 11 is 0. The van der Waals surface area contributed by atoms with Crippen molar-refractivity contribution in [2.24, 2.45) is 0 Å². The minimum atomic E-state index is -0.119. The van der Waals surface area contributed by atoms with E-state index in [1.807, 2.05) is 13.8 Å². The number of nitrogens with one attached hydrogen (secondary N) is 2. The summed E-state index contributed by atoms with van der Waals surface area (Å²) in [5.74, 6) is 0.0245. The Morgan fingerprint density at radius 1 is 1.54 bits per heavy atom. The maximum atomic E-state index is 11.0. The van der Waals surface area contributed by atoms with E-state index in [0.717, 1.165) is 26.2 Å². The summed E-state index contributed by atoms with van der Waals surface area (Å²) in [4.78, 5) is 11.0. The largest absolute Gasteiger partial charge is 0.382 e. The van der Waals surface area contributed by atoms with Crippen LogP contribution in [0.5, 0.6) is 0 Å². The first-order chi connectivity index (χ1) is 6.22. The number of amides is 1. The maximum absolute atomic E-state index is 11.0. The van der Waals surface area contributed by atoms with E-state index >= 15 is 0 Å². The van der Waals surface area contributed by atoms with Gasteiger partial charge in [0, 0.05) is 20.3 Å². The Kier molecular flexibility index (Phi) is 7.63. The highest BCUT2D eigenvalue weighted by Gasteiger charge is 2.08. The summed E-state index contributed by atoms with van der Waals surface area (Å²) < 4.78 is 5.16. The van der Waals surface area contributed by atoms with Crippen molar-refractivity contribution in [2.75, 3.05) is 26.8 Å². The standard InChI is InChI=1S/C9H20N2O2/c1-4-13-7-5-6-11-8(2)9(12)10-3/h8,11H,4-7H2,1-3H3,(H,10,12). The lowest BCUT2D eigenvalue weighted by Crippen LogP contribution is -2.41. The van der Waals surface area contributed by atoms with Gasteiger partial charge in [-0.2, -0.15) is 0 Å². The van der Waals surface area contributed by atoms with E-state index < -0.39 is 0 Å². The third-order valence-corrected chi connectivity index (χ3v) is 1.76. The first-order valence-electron chi connectivity index (χ1n) is 4.75. The molecule has 0 saturated carbocycles. The van der Waals surface area contributed by atoms with Gasteiger partial charge in [0.15, 0.2) is 0 Å². The van der Waals surface area contributed by atoms with Crippen LogP contribution in [0.1, 0.15) is 20.3 Å². The lowest BCUT2D eigenvalue weighted by molar-refractivity contribution is -0.122. The summed E-state index contributed by atoms with van der Waals surface area (Å²) in [5, 5.41) is 5.68. The van der Waals surface area contributed by atoms with Gasteiger partial charge in [0.1, 0.15) is 0 Å². The second-order valence-electron chi connectivity index (χ2n) is 2.84. The van der Waals surface area contributed by atoms with Crippen LogP contribution in [0, 0.1) is 0 Å². The molecule has 0 aromatic rings. The lowest BCUT2D eigenvalue weighted by atomic mass is 10.3. The zero-order chi connectivity index (χ0) is 10.1. The van der Waals surface area contributed by atoms with E-state index in [1.54, 1.807) is 7.05 Å².